The summed E-state index contributed by atoms with van der Waals surface area (Å²) >= 11 is 6.58. The number of rotatable bonds is 6. The van der Waals surface area contributed by atoms with Gasteiger partial charge in [0.25, 0.3) is 0 Å². The second kappa shape index (κ2) is 9.79. The van der Waals surface area contributed by atoms with Crippen LogP contribution in [0.15, 0.2) is 67.8 Å². The lowest BCUT2D eigenvalue weighted by atomic mass is 10.1. The van der Waals surface area contributed by atoms with E-state index in [0.717, 1.165) is 35.0 Å². The Morgan fingerprint density at radius 3 is 2.64 bits per heavy atom. The molecule has 1 saturated heterocycles. The first-order chi connectivity index (χ1) is 17.4. The van der Waals surface area contributed by atoms with E-state index in [-0.39, 0.29) is 17.5 Å². The Morgan fingerprint density at radius 2 is 1.89 bits per heavy atom. The molecule has 0 unspecified atom stereocenters. The van der Waals surface area contributed by atoms with Crippen molar-refractivity contribution < 1.29 is 14.3 Å². The molecule has 0 bridgehead atoms. The van der Waals surface area contributed by atoms with Gasteiger partial charge in [-0.2, -0.15) is 5.10 Å². The molecule has 2 N–H and O–H groups in total. The average Bonchev–Trinajstić information content (AvgIpc) is 3.30. The Kier molecular flexibility index (Phi) is 6.39. The third kappa shape index (κ3) is 4.52. The van der Waals surface area contributed by atoms with Crippen LogP contribution in [0.5, 0.6) is 11.5 Å². The van der Waals surface area contributed by atoms with Crippen molar-refractivity contribution in [1.82, 2.24) is 24.6 Å². The molecule has 2 amide bonds. The quantitative estimate of drug-likeness (QED) is 0.391. The number of fused-ring (bicyclic) bond motifs is 1. The Balaban J connectivity index is 1.47. The largest absolute Gasteiger partial charge is 0.456 e. The number of aromatic nitrogens is 4. The second-order valence-electron chi connectivity index (χ2n) is 8.50. The van der Waals surface area contributed by atoms with Crippen molar-refractivity contribution in [3.63, 3.8) is 0 Å². The topological polar surface area (TPSA) is 116 Å². The number of halogens is 1. The monoisotopic (exact) mass is 502 g/mol. The molecular weight excluding hydrogens is 480 g/mol. The summed E-state index contributed by atoms with van der Waals surface area (Å²) in [6.07, 6.45) is 9.33. The Hall–Kier alpha value is -4.24. The van der Waals surface area contributed by atoms with E-state index in [1.54, 1.807) is 29.4 Å². The number of amides is 2. The molecule has 1 aliphatic rings. The minimum absolute atomic E-state index is 0.0218. The average molecular weight is 503 g/mol. The molecule has 4 aromatic rings. The summed E-state index contributed by atoms with van der Waals surface area (Å²) in [7, 11) is 0. The number of ether oxygens (including phenoxy) is 1. The van der Waals surface area contributed by atoms with Crippen molar-refractivity contribution in [1.29, 1.82) is 0 Å². The van der Waals surface area contributed by atoms with Gasteiger partial charge in [-0.25, -0.2) is 0 Å². The molecule has 182 valence electrons. The second-order valence-corrected chi connectivity index (χ2v) is 8.90. The molecular formula is C26H23ClN6O3. The minimum atomic E-state index is -0.576. The lowest BCUT2D eigenvalue weighted by Crippen LogP contribution is -2.40. The zero-order valence-electron chi connectivity index (χ0n) is 19.3. The number of hydrogen-bond acceptors (Lipinski definition) is 6. The van der Waals surface area contributed by atoms with Crippen LogP contribution in [0.1, 0.15) is 29.2 Å². The number of nitrogens with two attached hydrogens (primary N) is 1. The van der Waals surface area contributed by atoms with Crippen LogP contribution in [-0.4, -0.2) is 49.6 Å². The van der Waals surface area contributed by atoms with Crippen molar-refractivity contribution in [3.8, 4) is 22.8 Å². The first-order valence-corrected chi connectivity index (χ1v) is 11.8. The fraction of sp³-hybridized carbons (Fsp3) is 0.192. The lowest BCUT2D eigenvalue weighted by Gasteiger charge is -2.32. The number of carbonyl (C=O) groups excluding carboxylic acids is 2. The molecule has 9 nitrogen and oxygen atoms in total. The van der Waals surface area contributed by atoms with Gasteiger partial charge in [0, 0.05) is 42.6 Å². The van der Waals surface area contributed by atoms with Gasteiger partial charge >= 0.3 is 0 Å². The number of benzene rings is 1. The van der Waals surface area contributed by atoms with E-state index >= 15 is 0 Å². The number of piperidine rings is 1. The maximum atomic E-state index is 12.2. The molecule has 0 spiro atoms. The van der Waals surface area contributed by atoms with Crippen molar-refractivity contribution >= 4 is 34.3 Å². The molecule has 5 rings (SSSR count). The number of nitrogens with zero attached hydrogens (tertiary/aromatic N) is 5. The van der Waals surface area contributed by atoms with Crippen LogP contribution in [0.2, 0.25) is 5.02 Å². The maximum Gasteiger partial charge on any atom is 0.250 e. The summed E-state index contributed by atoms with van der Waals surface area (Å²) in [4.78, 5) is 33.7. The van der Waals surface area contributed by atoms with E-state index in [2.05, 4.69) is 16.5 Å². The van der Waals surface area contributed by atoms with E-state index in [0.29, 0.717) is 29.6 Å². The molecule has 1 fully saturated rings. The third-order valence-corrected chi connectivity index (χ3v) is 6.43. The van der Waals surface area contributed by atoms with Gasteiger partial charge in [0.15, 0.2) is 0 Å². The minimum Gasteiger partial charge on any atom is -0.456 e. The highest BCUT2D eigenvalue weighted by Crippen LogP contribution is 2.36. The predicted octanol–water partition coefficient (Wildman–Crippen LogP) is 4.39. The van der Waals surface area contributed by atoms with Crippen molar-refractivity contribution in [2.24, 2.45) is 5.73 Å². The normalized spacial score (nSPS) is 15.6. The highest BCUT2D eigenvalue weighted by Gasteiger charge is 2.27. The van der Waals surface area contributed by atoms with E-state index in [1.165, 1.54) is 24.5 Å². The lowest BCUT2D eigenvalue weighted by molar-refractivity contribution is -0.127. The highest BCUT2D eigenvalue weighted by atomic mass is 35.5. The third-order valence-electron chi connectivity index (χ3n) is 6.15. The highest BCUT2D eigenvalue weighted by molar-refractivity contribution is 6.35. The van der Waals surface area contributed by atoms with Gasteiger partial charge < -0.3 is 15.4 Å². The van der Waals surface area contributed by atoms with E-state index in [9.17, 15) is 9.59 Å². The van der Waals surface area contributed by atoms with Gasteiger partial charge in [-0.15, -0.1) is 0 Å². The summed E-state index contributed by atoms with van der Waals surface area (Å²) in [6.45, 7) is 4.84. The molecule has 1 aliphatic heterocycles. The van der Waals surface area contributed by atoms with Crippen LogP contribution in [0.25, 0.3) is 22.2 Å². The molecule has 0 saturated carbocycles. The number of primary amides is 1. The SMILES string of the molecule is C=CC(=O)N1CCC[C@@H](n2nc(-c3ccc(Oc4cncc(C(N)=O)c4)cc3)c3cncc(Cl)c32)C1. The van der Waals surface area contributed by atoms with E-state index in [4.69, 9.17) is 27.2 Å². The molecule has 0 aliphatic carbocycles. The first kappa shape index (κ1) is 23.5. The number of carbonyl (C=O) groups is 2. The smallest absolute Gasteiger partial charge is 0.250 e. The molecule has 36 heavy (non-hydrogen) atoms. The fourth-order valence-electron chi connectivity index (χ4n) is 4.43. The van der Waals surface area contributed by atoms with Crippen molar-refractivity contribution in [2.75, 3.05) is 13.1 Å². The van der Waals surface area contributed by atoms with Crippen LogP contribution in [0, 0.1) is 0 Å². The molecule has 1 atom stereocenters. The Bertz CT molecular complexity index is 1470. The van der Waals surface area contributed by atoms with Crippen LogP contribution >= 0.6 is 11.6 Å². The standard InChI is InChI=1S/C26H23ClN6O3/c1-2-23(34)32-9-3-4-18(15-32)33-25-21(13-30-14-22(25)27)24(31-33)16-5-7-19(8-6-16)36-20-10-17(26(28)35)11-29-12-20/h2,5-8,10-14,18H,1,3-4,9,15H2,(H2,28,35)/t18-/m1/s1. The van der Waals surface area contributed by atoms with Crippen LogP contribution in [0.4, 0.5) is 0 Å². The van der Waals surface area contributed by atoms with Crippen molar-refractivity contribution in [2.45, 2.75) is 18.9 Å². The summed E-state index contributed by atoms with van der Waals surface area (Å²) in [6, 6.07) is 8.91. The van der Waals surface area contributed by atoms with Crippen LogP contribution < -0.4 is 10.5 Å². The molecule has 1 aromatic carbocycles. The van der Waals surface area contributed by atoms with Crippen molar-refractivity contribution in [3.05, 3.63) is 78.4 Å². The fourth-order valence-corrected chi connectivity index (χ4v) is 4.68. The predicted molar refractivity (Wildman–Crippen MR) is 136 cm³/mol. The van der Waals surface area contributed by atoms with Gasteiger partial charge in [-0.05, 0) is 49.2 Å². The van der Waals surface area contributed by atoms with E-state index in [1.807, 2.05) is 16.8 Å². The number of likely N-dealkylation sites (tertiary alicyclic amines) is 1. The summed E-state index contributed by atoms with van der Waals surface area (Å²) in [5.74, 6) is 0.304. The summed E-state index contributed by atoms with van der Waals surface area (Å²) in [5, 5.41) is 6.26. The van der Waals surface area contributed by atoms with Gasteiger partial charge in [0.1, 0.15) is 17.2 Å². The maximum absolute atomic E-state index is 12.2. The molecule has 3 aromatic heterocycles. The van der Waals surface area contributed by atoms with Crippen LogP contribution in [0.3, 0.4) is 0 Å². The zero-order chi connectivity index (χ0) is 25.2. The zero-order valence-corrected chi connectivity index (χ0v) is 20.1. The van der Waals surface area contributed by atoms with Gasteiger partial charge in [0.05, 0.1) is 28.3 Å². The van der Waals surface area contributed by atoms with Gasteiger partial charge in [-0.1, -0.05) is 18.2 Å². The summed E-state index contributed by atoms with van der Waals surface area (Å²) < 4.78 is 7.76. The van der Waals surface area contributed by atoms with Gasteiger partial charge in [0.2, 0.25) is 11.8 Å². The summed E-state index contributed by atoms with van der Waals surface area (Å²) in [5.41, 5.74) is 7.96. The molecule has 10 heteroatoms. The number of pyridine rings is 2. The molecule has 0 radical (unpaired) electrons. The Labute approximate surface area is 212 Å². The number of hydrogen-bond donors (Lipinski definition) is 1. The Morgan fingerprint density at radius 1 is 1.11 bits per heavy atom. The van der Waals surface area contributed by atoms with Crippen LogP contribution in [-0.2, 0) is 4.79 Å². The first-order valence-electron chi connectivity index (χ1n) is 11.4. The van der Waals surface area contributed by atoms with E-state index < -0.39 is 5.91 Å². The van der Waals surface area contributed by atoms with Gasteiger partial charge in [-0.3, -0.25) is 24.2 Å². The molecule has 4 heterocycles.